The van der Waals surface area contributed by atoms with Crippen molar-refractivity contribution >= 4 is 17.7 Å². The van der Waals surface area contributed by atoms with E-state index >= 15 is 0 Å². The van der Waals surface area contributed by atoms with Gasteiger partial charge in [-0.2, -0.15) is 13.2 Å². The van der Waals surface area contributed by atoms with Crippen molar-refractivity contribution in [3.8, 4) is 5.69 Å². The van der Waals surface area contributed by atoms with Gasteiger partial charge in [-0.15, -0.1) is 10.2 Å². The fourth-order valence-electron chi connectivity index (χ4n) is 3.65. The first-order valence-corrected chi connectivity index (χ1v) is 11.5. The van der Waals surface area contributed by atoms with Gasteiger partial charge in [0.2, 0.25) is 5.91 Å². The highest BCUT2D eigenvalue weighted by atomic mass is 32.2. The van der Waals surface area contributed by atoms with E-state index < -0.39 is 11.7 Å². The number of ether oxygens (including phenoxy) is 1. The Balaban J connectivity index is 1.56. The fraction of sp³-hybridized carbons (Fsp3) is 0.409. The van der Waals surface area contributed by atoms with Crippen LogP contribution in [-0.4, -0.2) is 50.2 Å². The summed E-state index contributed by atoms with van der Waals surface area (Å²) in [6, 6.07) is 8.82. The van der Waals surface area contributed by atoms with Crippen LogP contribution >= 0.6 is 11.8 Å². The number of aryl methyl sites for hydroxylation is 1. The highest BCUT2D eigenvalue weighted by molar-refractivity contribution is 7.99. The van der Waals surface area contributed by atoms with Crippen LogP contribution in [0.25, 0.3) is 5.69 Å². The van der Waals surface area contributed by atoms with Crippen molar-refractivity contribution < 1.29 is 22.7 Å². The summed E-state index contributed by atoms with van der Waals surface area (Å²) in [4.78, 5) is 12.3. The summed E-state index contributed by atoms with van der Waals surface area (Å²) in [7, 11) is 1.88. The van der Waals surface area contributed by atoms with Gasteiger partial charge in [-0.05, 0) is 43.2 Å². The zero-order valence-corrected chi connectivity index (χ0v) is 18.8. The second-order valence-electron chi connectivity index (χ2n) is 7.80. The molecule has 1 aliphatic heterocycles. The van der Waals surface area contributed by atoms with Gasteiger partial charge in [0.25, 0.3) is 0 Å². The highest BCUT2D eigenvalue weighted by Crippen LogP contribution is 2.32. The maximum atomic E-state index is 13.3. The van der Waals surface area contributed by atoms with E-state index in [-0.39, 0.29) is 17.8 Å². The number of thioether (sulfide) groups is 1. The van der Waals surface area contributed by atoms with Crippen molar-refractivity contribution in [3.63, 3.8) is 0 Å². The number of hydrogen-bond acceptors (Lipinski definition) is 5. The monoisotopic (exact) mass is 479 g/mol. The van der Waals surface area contributed by atoms with Gasteiger partial charge in [0.1, 0.15) is 5.82 Å². The topological polar surface area (TPSA) is 74.0 Å². The lowest BCUT2D eigenvalue weighted by atomic mass is 10.2. The van der Waals surface area contributed by atoms with Gasteiger partial charge in [0.05, 0.1) is 23.1 Å². The third-order valence-electron chi connectivity index (χ3n) is 5.41. The predicted molar refractivity (Wildman–Crippen MR) is 117 cm³/mol. The van der Waals surface area contributed by atoms with E-state index in [1.807, 2.05) is 29.9 Å². The Kier molecular flexibility index (Phi) is 7.08. The molecule has 7 nitrogen and oxygen atoms in total. The van der Waals surface area contributed by atoms with Crippen molar-refractivity contribution in [2.24, 2.45) is 7.05 Å². The summed E-state index contributed by atoms with van der Waals surface area (Å²) in [6.45, 7) is 1.15. The van der Waals surface area contributed by atoms with Crippen LogP contribution in [0.15, 0.2) is 47.8 Å². The molecule has 11 heteroatoms. The minimum absolute atomic E-state index is 0.0320. The van der Waals surface area contributed by atoms with Crippen LogP contribution < -0.4 is 5.32 Å². The smallest absolute Gasteiger partial charge is 0.376 e. The molecule has 0 bridgehead atoms. The maximum Gasteiger partial charge on any atom is 0.416 e. The Morgan fingerprint density at radius 3 is 2.82 bits per heavy atom. The summed E-state index contributed by atoms with van der Waals surface area (Å²) in [5.74, 6) is 0.352. The summed E-state index contributed by atoms with van der Waals surface area (Å²) in [5.41, 5.74) is 0.464. The summed E-state index contributed by atoms with van der Waals surface area (Å²) in [5, 5.41) is 11.6. The number of benzene rings is 1. The third-order valence-corrected chi connectivity index (χ3v) is 6.33. The molecule has 3 aromatic rings. The first-order chi connectivity index (χ1) is 15.8. The molecular formula is C22H24F3N5O2S. The third kappa shape index (κ3) is 5.77. The number of nitrogens with zero attached hydrogens (tertiary/aromatic N) is 4. The van der Waals surface area contributed by atoms with Gasteiger partial charge in [-0.25, -0.2) is 0 Å². The van der Waals surface area contributed by atoms with Gasteiger partial charge in [-0.1, -0.05) is 17.8 Å². The molecule has 4 rings (SSSR count). The molecule has 0 radical (unpaired) electrons. The number of hydrogen-bond donors (Lipinski definition) is 1. The number of nitrogens with one attached hydrogen (secondary N) is 1. The van der Waals surface area contributed by atoms with Gasteiger partial charge >= 0.3 is 6.18 Å². The van der Waals surface area contributed by atoms with Crippen LogP contribution in [0.5, 0.6) is 0 Å². The highest BCUT2D eigenvalue weighted by Gasteiger charge is 2.31. The van der Waals surface area contributed by atoms with Gasteiger partial charge in [0, 0.05) is 38.5 Å². The Labute approximate surface area is 193 Å². The molecule has 1 atom stereocenters. The first-order valence-electron chi connectivity index (χ1n) is 10.5. The molecular weight excluding hydrogens is 455 g/mol. The summed E-state index contributed by atoms with van der Waals surface area (Å²) >= 11 is 1.13. The second-order valence-corrected chi connectivity index (χ2v) is 8.74. The Morgan fingerprint density at radius 1 is 1.27 bits per heavy atom. The largest absolute Gasteiger partial charge is 0.416 e. The fourth-order valence-corrected chi connectivity index (χ4v) is 4.45. The Morgan fingerprint density at radius 2 is 2.12 bits per heavy atom. The molecule has 1 fully saturated rings. The minimum atomic E-state index is -4.47. The standard InChI is InChI=1S/C22H24F3N5O2S/c1-29-9-3-7-16(29)12-19-27-28-21(33-14-20(31)26-13-18-8-4-10-32-18)30(19)17-6-2-5-15(11-17)22(23,24)25/h2-3,5-7,9,11,18H,4,8,10,12-14H2,1H3,(H,26,31). The van der Waals surface area contributed by atoms with Crippen LogP contribution in [0.2, 0.25) is 0 Å². The number of carbonyl (C=O) groups is 1. The zero-order chi connectivity index (χ0) is 23.4. The van der Waals surface area contributed by atoms with Crippen LogP contribution in [0.1, 0.15) is 29.9 Å². The molecule has 0 saturated carbocycles. The van der Waals surface area contributed by atoms with Gasteiger partial charge in [0.15, 0.2) is 5.16 Å². The van der Waals surface area contributed by atoms with Crippen molar-refractivity contribution in [2.45, 2.75) is 36.7 Å². The predicted octanol–water partition coefficient (Wildman–Crippen LogP) is 3.60. The molecule has 0 spiro atoms. The van der Waals surface area contributed by atoms with E-state index in [2.05, 4.69) is 15.5 Å². The number of alkyl halides is 3. The molecule has 1 amide bonds. The van der Waals surface area contributed by atoms with E-state index in [1.165, 1.54) is 6.07 Å². The number of amides is 1. The van der Waals surface area contributed by atoms with E-state index in [4.69, 9.17) is 4.74 Å². The van der Waals surface area contributed by atoms with E-state index in [1.54, 1.807) is 10.6 Å². The average Bonchev–Trinajstić information content (AvgIpc) is 3.53. The lowest BCUT2D eigenvalue weighted by Crippen LogP contribution is -2.32. The first kappa shape index (κ1) is 23.4. The van der Waals surface area contributed by atoms with Crippen LogP contribution in [0.3, 0.4) is 0 Å². The number of halogens is 3. The van der Waals surface area contributed by atoms with Crippen LogP contribution in [0.4, 0.5) is 13.2 Å². The van der Waals surface area contributed by atoms with E-state index in [9.17, 15) is 18.0 Å². The molecule has 33 heavy (non-hydrogen) atoms. The summed E-state index contributed by atoms with van der Waals surface area (Å²) < 4.78 is 49.0. The van der Waals surface area contributed by atoms with Crippen LogP contribution in [-0.2, 0) is 29.2 Å². The maximum absolute atomic E-state index is 13.3. The van der Waals surface area contributed by atoms with Crippen molar-refractivity contribution in [1.82, 2.24) is 24.6 Å². The van der Waals surface area contributed by atoms with Crippen molar-refractivity contribution in [1.29, 1.82) is 0 Å². The van der Waals surface area contributed by atoms with Gasteiger partial charge < -0.3 is 14.6 Å². The lowest BCUT2D eigenvalue weighted by Gasteiger charge is -2.14. The molecule has 1 N–H and O–H groups in total. The molecule has 1 saturated heterocycles. The molecule has 176 valence electrons. The minimum Gasteiger partial charge on any atom is -0.376 e. The lowest BCUT2D eigenvalue weighted by molar-refractivity contribution is -0.137. The van der Waals surface area contributed by atoms with E-state index in [0.29, 0.717) is 36.2 Å². The number of carbonyl (C=O) groups excluding carboxylic acids is 1. The molecule has 1 unspecified atom stereocenters. The SMILES string of the molecule is Cn1cccc1Cc1nnc(SCC(=O)NCC2CCCO2)n1-c1cccc(C(F)(F)F)c1. The molecule has 2 aromatic heterocycles. The zero-order valence-electron chi connectivity index (χ0n) is 18.0. The molecule has 1 aliphatic rings. The normalized spacial score (nSPS) is 16.3. The van der Waals surface area contributed by atoms with Crippen molar-refractivity contribution in [2.75, 3.05) is 18.9 Å². The molecule has 3 heterocycles. The second kappa shape index (κ2) is 10.0. The Bertz CT molecular complexity index is 1110. The average molecular weight is 480 g/mol. The number of rotatable bonds is 8. The van der Waals surface area contributed by atoms with Gasteiger partial charge in [-0.3, -0.25) is 9.36 Å². The Hall–Kier alpha value is -2.79. The molecule has 1 aromatic carbocycles. The van der Waals surface area contributed by atoms with Crippen LogP contribution in [0, 0.1) is 0 Å². The number of aromatic nitrogens is 4. The van der Waals surface area contributed by atoms with Crippen molar-refractivity contribution in [3.05, 3.63) is 59.7 Å². The summed E-state index contributed by atoms with van der Waals surface area (Å²) in [6.07, 6.45) is -0.284. The van der Waals surface area contributed by atoms with E-state index in [0.717, 1.165) is 42.4 Å². The molecule has 0 aliphatic carbocycles. The quantitative estimate of drug-likeness (QED) is 0.500.